The summed E-state index contributed by atoms with van der Waals surface area (Å²) in [7, 11) is 1.64. The van der Waals surface area contributed by atoms with Crippen LogP contribution < -0.4 is 10.2 Å². The van der Waals surface area contributed by atoms with Gasteiger partial charge >= 0.3 is 5.97 Å². The van der Waals surface area contributed by atoms with Gasteiger partial charge in [-0.05, 0) is 66.8 Å². The van der Waals surface area contributed by atoms with E-state index in [1.54, 1.807) is 25.2 Å². The van der Waals surface area contributed by atoms with Gasteiger partial charge < -0.3 is 15.0 Å². The summed E-state index contributed by atoms with van der Waals surface area (Å²) in [5.41, 5.74) is 4.28. The highest BCUT2D eigenvalue weighted by atomic mass is 16.5. The van der Waals surface area contributed by atoms with Crippen LogP contribution in [0.1, 0.15) is 38.3 Å². The van der Waals surface area contributed by atoms with Gasteiger partial charge in [-0.15, -0.1) is 0 Å². The van der Waals surface area contributed by atoms with Crippen LogP contribution in [0.25, 0.3) is 0 Å². The zero-order valence-electron chi connectivity index (χ0n) is 17.8. The lowest BCUT2D eigenvalue weighted by Crippen LogP contribution is -2.28. The predicted octanol–water partition coefficient (Wildman–Crippen LogP) is 4.25. The number of carbonyl (C=O) groups excluding carboxylic acids is 3. The average molecular weight is 428 g/mol. The lowest BCUT2D eigenvalue weighted by atomic mass is 10.1. The Labute approximate surface area is 186 Å². The van der Waals surface area contributed by atoms with Gasteiger partial charge in [0.05, 0.1) is 11.1 Å². The van der Waals surface area contributed by atoms with Crippen LogP contribution in [0.4, 0.5) is 11.4 Å². The van der Waals surface area contributed by atoms with Crippen LogP contribution in [0.15, 0.2) is 72.8 Å². The molecule has 4 rings (SSSR count). The van der Waals surface area contributed by atoms with E-state index in [4.69, 9.17) is 4.74 Å². The topological polar surface area (TPSA) is 75.7 Å². The highest BCUT2D eigenvalue weighted by molar-refractivity contribution is 6.12. The van der Waals surface area contributed by atoms with E-state index < -0.39 is 18.5 Å². The summed E-state index contributed by atoms with van der Waals surface area (Å²) >= 11 is 0. The first-order valence-corrected chi connectivity index (χ1v) is 10.5. The molecule has 6 nitrogen and oxygen atoms in total. The van der Waals surface area contributed by atoms with Crippen LogP contribution in [0.5, 0.6) is 0 Å². The number of rotatable bonds is 6. The molecular formula is C26H24N2O4. The summed E-state index contributed by atoms with van der Waals surface area (Å²) in [6.07, 6.45) is 3.21. The van der Waals surface area contributed by atoms with Gasteiger partial charge in [-0.2, -0.15) is 0 Å². The maximum Gasteiger partial charge on any atom is 0.339 e. The molecule has 1 aliphatic carbocycles. The zero-order valence-corrected chi connectivity index (χ0v) is 17.8. The van der Waals surface area contributed by atoms with Crippen molar-refractivity contribution in [3.05, 3.63) is 95.1 Å². The number of aryl methyl sites for hydroxylation is 2. The summed E-state index contributed by atoms with van der Waals surface area (Å²) in [6, 6.07) is 21.4. The minimum absolute atomic E-state index is 0.116. The van der Waals surface area contributed by atoms with Crippen molar-refractivity contribution >= 4 is 29.2 Å². The van der Waals surface area contributed by atoms with E-state index in [0.29, 0.717) is 11.4 Å². The molecule has 0 unspecified atom stereocenters. The smallest absolute Gasteiger partial charge is 0.339 e. The Morgan fingerprint density at radius 3 is 2.34 bits per heavy atom. The Hall–Kier alpha value is -3.93. The molecule has 0 spiro atoms. The molecule has 32 heavy (non-hydrogen) atoms. The van der Waals surface area contributed by atoms with Gasteiger partial charge in [-0.3, -0.25) is 9.59 Å². The number of nitrogens with zero attached hydrogens (tertiary/aromatic N) is 1. The minimum Gasteiger partial charge on any atom is -0.452 e. The number of carbonyl (C=O) groups is 3. The van der Waals surface area contributed by atoms with Crippen molar-refractivity contribution in [2.24, 2.45) is 0 Å². The Balaban J connectivity index is 1.40. The van der Waals surface area contributed by atoms with E-state index in [0.717, 1.165) is 19.3 Å². The number of anilines is 2. The standard InChI is InChI=1S/C26H24N2O4/c1-28(21-10-3-2-4-11-21)25(30)22-12-5-6-13-23(22)26(31)32-17-24(29)27-20-15-14-18-8-7-9-19(18)16-20/h2-6,10-16H,7-9,17H2,1H3,(H,27,29). The third-order valence-corrected chi connectivity index (χ3v) is 5.54. The van der Waals surface area contributed by atoms with Crippen LogP contribution in [-0.2, 0) is 22.4 Å². The second-order valence-corrected chi connectivity index (χ2v) is 7.71. The number of ether oxygens (including phenoxy) is 1. The first kappa shape index (κ1) is 21.3. The molecule has 0 saturated carbocycles. The van der Waals surface area contributed by atoms with E-state index in [-0.39, 0.29) is 17.0 Å². The van der Waals surface area contributed by atoms with Crippen molar-refractivity contribution < 1.29 is 19.1 Å². The predicted molar refractivity (Wildman–Crippen MR) is 123 cm³/mol. The van der Waals surface area contributed by atoms with Gasteiger partial charge in [0, 0.05) is 18.4 Å². The summed E-state index contributed by atoms with van der Waals surface area (Å²) in [6.45, 7) is -0.438. The molecule has 3 aromatic carbocycles. The van der Waals surface area contributed by atoms with Crippen LogP contribution in [0.2, 0.25) is 0 Å². The molecule has 0 bridgehead atoms. The first-order valence-electron chi connectivity index (χ1n) is 10.5. The maximum absolute atomic E-state index is 13.0. The molecule has 0 atom stereocenters. The molecule has 6 heteroatoms. The lowest BCUT2D eigenvalue weighted by Gasteiger charge is -2.18. The Bertz CT molecular complexity index is 1160. The average Bonchev–Trinajstić information content (AvgIpc) is 3.30. The highest BCUT2D eigenvalue weighted by Gasteiger charge is 2.22. The molecule has 0 saturated heterocycles. The fourth-order valence-corrected chi connectivity index (χ4v) is 3.85. The second-order valence-electron chi connectivity index (χ2n) is 7.71. The second kappa shape index (κ2) is 9.47. The van der Waals surface area contributed by atoms with Crippen LogP contribution in [0.3, 0.4) is 0 Å². The van der Waals surface area contributed by atoms with Gasteiger partial charge in [-0.25, -0.2) is 4.79 Å². The summed E-state index contributed by atoms with van der Waals surface area (Å²) in [5, 5.41) is 2.76. The number of nitrogens with one attached hydrogen (secondary N) is 1. The largest absolute Gasteiger partial charge is 0.452 e. The van der Waals surface area contributed by atoms with E-state index in [1.807, 2.05) is 48.5 Å². The minimum atomic E-state index is -0.723. The summed E-state index contributed by atoms with van der Waals surface area (Å²) < 4.78 is 5.21. The Morgan fingerprint density at radius 1 is 0.875 bits per heavy atom. The SMILES string of the molecule is CN(C(=O)c1ccccc1C(=O)OCC(=O)Nc1ccc2c(c1)CCC2)c1ccccc1. The lowest BCUT2D eigenvalue weighted by molar-refractivity contribution is -0.119. The first-order chi connectivity index (χ1) is 15.5. The van der Waals surface area contributed by atoms with Crippen molar-refractivity contribution in [3.63, 3.8) is 0 Å². The molecule has 0 heterocycles. The van der Waals surface area contributed by atoms with E-state index in [9.17, 15) is 14.4 Å². The molecule has 0 fully saturated rings. The molecule has 0 radical (unpaired) electrons. The van der Waals surface area contributed by atoms with E-state index in [2.05, 4.69) is 5.32 Å². The number of amides is 2. The van der Waals surface area contributed by atoms with Crippen LogP contribution in [0, 0.1) is 0 Å². The number of hydrogen-bond acceptors (Lipinski definition) is 4. The molecule has 0 aliphatic heterocycles. The Kier molecular flexibility index (Phi) is 6.31. The Morgan fingerprint density at radius 2 is 1.56 bits per heavy atom. The third-order valence-electron chi connectivity index (χ3n) is 5.54. The van der Waals surface area contributed by atoms with Crippen LogP contribution >= 0.6 is 0 Å². The number of para-hydroxylation sites is 1. The fraction of sp³-hybridized carbons (Fsp3) is 0.192. The summed E-state index contributed by atoms with van der Waals surface area (Å²) in [5.74, 6) is -1.49. The van der Waals surface area contributed by atoms with Crippen molar-refractivity contribution in [2.75, 3.05) is 23.9 Å². The molecule has 2 amide bonds. The number of benzene rings is 3. The number of esters is 1. The van der Waals surface area contributed by atoms with Gasteiger partial charge in [0.1, 0.15) is 0 Å². The van der Waals surface area contributed by atoms with Crippen molar-refractivity contribution in [1.82, 2.24) is 0 Å². The monoisotopic (exact) mass is 428 g/mol. The molecule has 1 N–H and O–H groups in total. The van der Waals surface area contributed by atoms with Gasteiger partial charge in [0.2, 0.25) is 0 Å². The molecule has 1 aliphatic rings. The molecule has 0 aromatic heterocycles. The highest BCUT2D eigenvalue weighted by Crippen LogP contribution is 2.25. The van der Waals surface area contributed by atoms with Crippen LogP contribution in [-0.4, -0.2) is 31.4 Å². The van der Waals surface area contributed by atoms with Crippen molar-refractivity contribution in [3.8, 4) is 0 Å². The van der Waals surface area contributed by atoms with E-state index in [1.165, 1.54) is 22.1 Å². The van der Waals surface area contributed by atoms with Crippen molar-refractivity contribution in [2.45, 2.75) is 19.3 Å². The number of hydrogen-bond donors (Lipinski definition) is 1. The van der Waals surface area contributed by atoms with E-state index >= 15 is 0 Å². The fourth-order valence-electron chi connectivity index (χ4n) is 3.85. The van der Waals surface area contributed by atoms with Gasteiger partial charge in [0.25, 0.3) is 11.8 Å². The quantitative estimate of drug-likeness (QED) is 0.596. The normalized spacial score (nSPS) is 12.0. The maximum atomic E-state index is 13.0. The number of fused-ring (bicyclic) bond motifs is 1. The molecule has 3 aromatic rings. The van der Waals surface area contributed by atoms with Gasteiger partial charge in [0.15, 0.2) is 6.61 Å². The zero-order chi connectivity index (χ0) is 22.5. The van der Waals surface area contributed by atoms with Crippen molar-refractivity contribution in [1.29, 1.82) is 0 Å². The van der Waals surface area contributed by atoms with Gasteiger partial charge in [-0.1, -0.05) is 36.4 Å². The molecule has 162 valence electrons. The molecular weight excluding hydrogens is 404 g/mol. The third kappa shape index (κ3) is 4.70. The summed E-state index contributed by atoms with van der Waals surface area (Å²) in [4.78, 5) is 39.4.